The fraction of sp³-hybridized carbons (Fsp3) is 0.529. The number of thioether (sulfide) groups is 1. The average molecular weight is 352 g/mol. The van der Waals surface area contributed by atoms with Gasteiger partial charge in [-0.25, -0.2) is 0 Å². The van der Waals surface area contributed by atoms with Gasteiger partial charge in [0, 0.05) is 26.2 Å². The van der Waals surface area contributed by atoms with Crippen molar-refractivity contribution in [1.29, 1.82) is 0 Å². The molecule has 1 aromatic carbocycles. The Morgan fingerprint density at radius 2 is 1.83 bits per heavy atom. The van der Waals surface area contributed by atoms with Gasteiger partial charge < -0.3 is 19.6 Å². The summed E-state index contributed by atoms with van der Waals surface area (Å²) in [5.41, 5.74) is 0.528. The van der Waals surface area contributed by atoms with Gasteiger partial charge in [-0.2, -0.15) is 11.8 Å². The molecule has 0 saturated carbocycles. The van der Waals surface area contributed by atoms with Crippen LogP contribution in [0.25, 0.3) is 0 Å². The lowest BCUT2D eigenvalue weighted by Crippen LogP contribution is -2.53. The summed E-state index contributed by atoms with van der Waals surface area (Å²) in [7, 11) is 1.54. The van der Waals surface area contributed by atoms with Crippen LogP contribution >= 0.6 is 11.8 Å². The summed E-state index contributed by atoms with van der Waals surface area (Å²) >= 11 is 1.60. The molecule has 0 aromatic heterocycles. The fourth-order valence-electron chi connectivity index (χ4n) is 2.69. The number of amides is 2. The highest BCUT2D eigenvalue weighted by molar-refractivity contribution is 7.98. The van der Waals surface area contributed by atoms with Crippen LogP contribution in [0.1, 0.15) is 16.8 Å². The second kappa shape index (κ2) is 8.94. The van der Waals surface area contributed by atoms with Crippen LogP contribution in [0.5, 0.6) is 5.75 Å². The molecule has 0 aliphatic carbocycles. The fourth-order valence-corrected chi connectivity index (χ4v) is 3.14. The number of para-hydroxylation sites is 1. The number of carbonyl (C=O) groups excluding carboxylic acids is 2. The largest absolute Gasteiger partial charge is 0.496 e. The molecule has 1 atom stereocenters. The minimum Gasteiger partial charge on any atom is -0.496 e. The molecule has 1 N–H and O–H groups in total. The average Bonchev–Trinajstić information content (AvgIpc) is 2.64. The highest BCUT2D eigenvalue weighted by atomic mass is 32.2. The van der Waals surface area contributed by atoms with E-state index >= 15 is 0 Å². The van der Waals surface area contributed by atoms with Crippen LogP contribution in [0, 0.1) is 0 Å². The van der Waals surface area contributed by atoms with Gasteiger partial charge in [-0.05, 0) is 30.6 Å². The molecule has 0 spiro atoms. The predicted molar refractivity (Wildman–Crippen MR) is 94.5 cm³/mol. The molecule has 0 bridgehead atoms. The lowest BCUT2D eigenvalue weighted by atomic mass is 10.1. The third-order valence-corrected chi connectivity index (χ3v) is 4.74. The first-order valence-corrected chi connectivity index (χ1v) is 9.36. The molecule has 1 aromatic rings. The molecular formula is C17H24N2O4S. The van der Waals surface area contributed by atoms with Gasteiger partial charge in [0.2, 0.25) is 0 Å². The summed E-state index contributed by atoms with van der Waals surface area (Å²) in [6, 6.07) is 7.12. The summed E-state index contributed by atoms with van der Waals surface area (Å²) in [6.45, 7) is 1.79. The number of benzene rings is 1. The zero-order chi connectivity index (χ0) is 17.5. The van der Waals surface area contributed by atoms with Crippen molar-refractivity contribution in [2.45, 2.75) is 12.5 Å². The van der Waals surface area contributed by atoms with E-state index in [-0.39, 0.29) is 11.8 Å². The third-order valence-electron chi connectivity index (χ3n) is 4.10. The number of piperazine rings is 1. The molecule has 132 valence electrons. The molecule has 1 fully saturated rings. The molecule has 6 nitrogen and oxygen atoms in total. The lowest BCUT2D eigenvalue weighted by Gasteiger charge is -2.35. The monoisotopic (exact) mass is 352 g/mol. The highest BCUT2D eigenvalue weighted by Gasteiger charge is 2.28. The maximum absolute atomic E-state index is 12.6. The molecule has 1 aliphatic heterocycles. The van der Waals surface area contributed by atoms with Crippen molar-refractivity contribution >= 4 is 23.6 Å². The number of nitrogens with zero attached hydrogens (tertiary/aromatic N) is 2. The Kier molecular flexibility index (Phi) is 6.93. The number of carbonyl (C=O) groups is 2. The molecule has 2 amide bonds. The Bertz CT molecular complexity index is 573. The maximum atomic E-state index is 12.6. The van der Waals surface area contributed by atoms with Gasteiger partial charge in [0.1, 0.15) is 11.9 Å². The summed E-state index contributed by atoms with van der Waals surface area (Å²) in [4.78, 5) is 28.2. The molecule has 7 heteroatoms. The van der Waals surface area contributed by atoms with Gasteiger partial charge in [-0.15, -0.1) is 0 Å². The molecule has 1 saturated heterocycles. The number of aliphatic hydroxyl groups is 1. The van der Waals surface area contributed by atoms with Gasteiger partial charge in [0.25, 0.3) is 11.8 Å². The van der Waals surface area contributed by atoms with Crippen LogP contribution in [0.15, 0.2) is 24.3 Å². The zero-order valence-corrected chi connectivity index (χ0v) is 14.9. The van der Waals surface area contributed by atoms with Gasteiger partial charge in [0.05, 0.1) is 12.7 Å². The van der Waals surface area contributed by atoms with Crippen molar-refractivity contribution in [2.24, 2.45) is 0 Å². The van der Waals surface area contributed by atoms with Crippen molar-refractivity contribution in [3.05, 3.63) is 29.8 Å². The molecule has 1 heterocycles. The van der Waals surface area contributed by atoms with Crippen LogP contribution in [0.3, 0.4) is 0 Å². The standard InChI is InChI=1S/C17H24N2O4S/c1-23-15-6-4-3-5-13(15)16(21)18-8-10-19(11-9-18)17(22)14(20)7-12-24-2/h3-6,14,20H,7-12H2,1-2H3/t14-/m1/s1. The van der Waals surface area contributed by atoms with Crippen LogP contribution in [0.2, 0.25) is 0 Å². The first-order chi connectivity index (χ1) is 11.6. The van der Waals surface area contributed by atoms with E-state index in [0.29, 0.717) is 43.9 Å². The van der Waals surface area contributed by atoms with Crippen molar-refractivity contribution in [3.8, 4) is 5.75 Å². The van der Waals surface area contributed by atoms with E-state index in [1.54, 1.807) is 46.9 Å². The van der Waals surface area contributed by atoms with Gasteiger partial charge in [-0.3, -0.25) is 9.59 Å². The second-order valence-corrected chi connectivity index (χ2v) is 6.60. The maximum Gasteiger partial charge on any atom is 0.257 e. The number of rotatable bonds is 6. The minimum absolute atomic E-state index is 0.0949. The first kappa shape index (κ1) is 18.6. The van der Waals surface area contributed by atoms with E-state index in [2.05, 4.69) is 0 Å². The van der Waals surface area contributed by atoms with Gasteiger partial charge in [0.15, 0.2) is 0 Å². The van der Waals surface area contributed by atoms with E-state index in [0.717, 1.165) is 5.75 Å². The summed E-state index contributed by atoms with van der Waals surface area (Å²) in [5, 5.41) is 9.92. The third kappa shape index (κ3) is 4.42. The Morgan fingerprint density at radius 1 is 1.21 bits per heavy atom. The second-order valence-electron chi connectivity index (χ2n) is 5.62. The van der Waals surface area contributed by atoms with E-state index in [4.69, 9.17) is 4.74 Å². The smallest absolute Gasteiger partial charge is 0.257 e. The van der Waals surface area contributed by atoms with Crippen molar-refractivity contribution in [3.63, 3.8) is 0 Å². The quantitative estimate of drug-likeness (QED) is 0.830. The van der Waals surface area contributed by atoms with Crippen molar-refractivity contribution in [1.82, 2.24) is 9.80 Å². The van der Waals surface area contributed by atoms with E-state index in [9.17, 15) is 14.7 Å². The number of hydrogen-bond donors (Lipinski definition) is 1. The molecule has 0 unspecified atom stereocenters. The highest BCUT2D eigenvalue weighted by Crippen LogP contribution is 2.20. The predicted octanol–water partition coefficient (Wildman–Crippen LogP) is 1.09. The molecule has 2 rings (SSSR count). The summed E-state index contributed by atoms with van der Waals surface area (Å²) < 4.78 is 5.24. The topological polar surface area (TPSA) is 70.1 Å². The minimum atomic E-state index is -0.950. The zero-order valence-electron chi connectivity index (χ0n) is 14.1. The van der Waals surface area contributed by atoms with Crippen LogP contribution < -0.4 is 4.74 Å². The molecule has 24 heavy (non-hydrogen) atoms. The number of methoxy groups -OCH3 is 1. The Balaban J connectivity index is 1.92. The van der Waals surface area contributed by atoms with E-state index in [1.165, 1.54) is 0 Å². The van der Waals surface area contributed by atoms with Crippen LogP contribution in [-0.2, 0) is 4.79 Å². The van der Waals surface area contributed by atoms with E-state index < -0.39 is 6.10 Å². The van der Waals surface area contributed by atoms with Crippen molar-refractivity contribution < 1.29 is 19.4 Å². The SMILES string of the molecule is COc1ccccc1C(=O)N1CCN(C(=O)[C@H](O)CCSC)CC1. The van der Waals surface area contributed by atoms with Crippen molar-refractivity contribution in [2.75, 3.05) is 45.3 Å². The number of ether oxygens (including phenoxy) is 1. The Labute approximate surface area is 146 Å². The molecule has 1 aliphatic rings. The Hall–Kier alpha value is -1.73. The number of hydrogen-bond acceptors (Lipinski definition) is 5. The summed E-state index contributed by atoms with van der Waals surface area (Å²) in [6.07, 6.45) is 1.45. The van der Waals surface area contributed by atoms with Crippen LogP contribution in [0.4, 0.5) is 0 Å². The molecule has 0 radical (unpaired) electrons. The number of aliphatic hydroxyl groups excluding tert-OH is 1. The van der Waals surface area contributed by atoms with Gasteiger partial charge >= 0.3 is 0 Å². The molecular weight excluding hydrogens is 328 g/mol. The Morgan fingerprint density at radius 3 is 2.46 bits per heavy atom. The van der Waals surface area contributed by atoms with Crippen LogP contribution in [-0.4, -0.2) is 78.1 Å². The van der Waals surface area contributed by atoms with E-state index in [1.807, 2.05) is 12.3 Å². The first-order valence-electron chi connectivity index (χ1n) is 7.96. The normalized spacial score (nSPS) is 16.0. The van der Waals surface area contributed by atoms with Gasteiger partial charge in [-0.1, -0.05) is 12.1 Å². The lowest BCUT2D eigenvalue weighted by molar-refractivity contribution is -0.141. The summed E-state index contributed by atoms with van der Waals surface area (Å²) in [5.74, 6) is 0.962.